The third-order valence-electron chi connectivity index (χ3n) is 3.81. The summed E-state index contributed by atoms with van der Waals surface area (Å²) in [7, 11) is -0.832. The number of nitrogens with zero attached hydrogens (tertiary/aromatic N) is 1. The fraction of sp³-hybridized carbons (Fsp3) is 0.538. The molecule has 0 amide bonds. The molecule has 1 aliphatic rings. The van der Waals surface area contributed by atoms with Gasteiger partial charge in [0.15, 0.2) is 9.84 Å². The Labute approximate surface area is 109 Å². The smallest absolute Gasteiger partial charge is 0.151 e. The van der Waals surface area contributed by atoms with E-state index < -0.39 is 9.84 Å². The van der Waals surface area contributed by atoms with E-state index in [0.29, 0.717) is 5.75 Å². The molecular formula is C13H20N2O2S. The quantitative estimate of drug-likeness (QED) is 0.843. The molecule has 0 aliphatic carbocycles. The lowest BCUT2D eigenvalue weighted by Crippen LogP contribution is -2.34. The minimum Gasteiger partial charge on any atom is -0.399 e. The molecule has 1 heterocycles. The molecule has 1 aromatic rings. The van der Waals surface area contributed by atoms with Gasteiger partial charge in [0.2, 0.25) is 0 Å². The number of anilines is 1. The van der Waals surface area contributed by atoms with Crippen molar-refractivity contribution in [3.05, 3.63) is 29.8 Å². The van der Waals surface area contributed by atoms with Crippen LogP contribution in [0.4, 0.5) is 5.69 Å². The zero-order chi connectivity index (χ0) is 13.3. The summed E-state index contributed by atoms with van der Waals surface area (Å²) in [4.78, 5) is 2.15. The van der Waals surface area contributed by atoms with Crippen LogP contribution in [0.1, 0.15) is 24.9 Å². The van der Waals surface area contributed by atoms with Crippen molar-refractivity contribution < 1.29 is 8.42 Å². The summed E-state index contributed by atoms with van der Waals surface area (Å²) in [6, 6.07) is 8.09. The molecule has 100 valence electrons. The second-order valence-electron chi connectivity index (χ2n) is 5.06. The Kier molecular flexibility index (Phi) is 3.64. The summed E-state index contributed by atoms with van der Waals surface area (Å²) in [6.07, 6.45) is 0.734. The van der Waals surface area contributed by atoms with Crippen molar-refractivity contribution in [2.45, 2.75) is 25.4 Å². The minimum atomic E-state index is -2.82. The number of benzene rings is 1. The molecule has 2 N–H and O–H groups in total. The standard InChI is InChI=1S/C13H20N2O2S/c1-10(11-3-5-12(14)6-4-11)15(2)13-7-8-18(16,17)9-13/h3-6,10,13H,7-9,14H2,1-2H3. The van der Waals surface area contributed by atoms with E-state index in [4.69, 9.17) is 5.73 Å². The van der Waals surface area contributed by atoms with Gasteiger partial charge in [-0.25, -0.2) is 8.42 Å². The van der Waals surface area contributed by atoms with Gasteiger partial charge < -0.3 is 5.73 Å². The van der Waals surface area contributed by atoms with Crippen molar-refractivity contribution in [2.75, 3.05) is 24.3 Å². The van der Waals surface area contributed by atoms with Crippen molar-refractivity contribution in [2.24, 2.45) is 0 Å². The number of hydrogen-bond acceptors (Lipinski definition) is 4. The average Bonchev–Trinajstić information content (AvgIpc) is 2.69. The Hall–Kier alpha value is -1.07. The Balaban J connectivity index is 2.09. The topological polar surface area (TPSA) is 63.4 Å². The van der Waals surface area contributed by atoms with E-state index in [1.54, 1.807) is 0 Å². The molecule has 1 fully saturated rings. The van der Waals surface area contributed by atoms with Crippen LogP contribution in [0, 0.1) is 0 Å². The van der Waals surface area contributed by atoms with Gasteiger partial charge in [0, 0.05) is 17.8 Å². The largest absolute Gasteiger partial charge is 0.399 e. The third-order valence-corrected chi connectivity index (χ3v) is 5.56. The Morgan fingerprint density at radius 1 is 1.33 bits per heavy atom. The number of rotatable bonds is 3. The fourth-order valence-electron chi connectivity index (χ4n) is 2.42. The molecule has 0 radical (unpaired) electrons. The SMILES string of the molecule is CC(c1ccc(N)cc1)N(C)C1CCS(=O)(=O)C1. The summed E-state index contributed by atoms with van der Waals surface area (Å²) in [5.41, 5.74) is 7.58. The lowest BCUT2D eigenvalue weighted by molar-refractivity contribution is 0.201. The van der Waals surface area contributed by atoms with Gasteiger partial charge in [-0.2, -0.15) is 0 Å². The number of nitrogens with two attached hydrogens (primary N) is 1. The molecule has 2 rings (SSSR count). The van der Waals surface area contributed by atoms with Crippen molar-refractivity contribution in [1.29, 1.82) is 0 Å². The summed E-state index contributed by atoms with van der Waals surface area (Å²) in [5.74, 6) is 0.597. The van der Waals surface area contributed by atoms with Gasteiger partial charge in [0.05, 0.1) is 11.5 Å². The van der Waals surface area contributed by atoms with Gasteiger partial charge in [0.25, 0.3) is 0 Å². The van der Waals surface area contributed by atoms with Crippen LogP contribution in [0.2, 0.25) is 0 Å². The number of sulfone groups is 1. The third kappa shape index (κ3) is 2.84. The predicted octanol–water partition coefficient (Wildman–Crippen LogP) is 1.45. The van der Waals surface area contributed by atoms with Gasteiger partial charge in [-0.1, -0.05) is 12.1 Å². The monoisotopic (exact) mass is 268 g/mol. The van der Waals surface area contributed by atoms with Crippen molar-refractivity contribution >= 4 is 15.5 Å². The highest BCUT2D eigenvalue weighted by Gasteiger charge is 2.32. The first-order valence-corrected chi connectivity index (χ1v) is 7.99. The molecule has 2 unspecified atom stereocenters. The van der Waals surface area contributed by atoms with Crippen LogP contribution in [0.15, 0.2) is 24.3 Å². The van der Waals surface area contributed by atoms with E-state index in [1.165, 1.54) is 0 Å². The van der Waals surface area contributed by atoms with Crippen LogP contribution in [0.3, 0.4) is 0 Å². The normalized spacial score (nSPS) is 24.3. The molecule has 4 nitrogen and oxygen atoms in total. The van der Waals surface area contributed by atoms with Crippen LogP contribution in [0.5, 0.6) is 0 Å². The van der Waals surface area contributed by atoms with E-state index in [0.717, 1.165) is 17.7 Å². The first kappa shape index (κ1) is 13.4. The molecule has 5 heteroatoms. The van der Waals surface area contributed by atoms with Gasteiger partial charge in [-0.05, 0) is 38.1 Å². The lowest BCUT2D eigenvalue weighted by atomic mass is 10.0. The highest BCUT2D eigenvalue weighted by atomic mass is 32.2. The molecule has 1 aromatic carbocycles. The van der Waals surface area contributed by atoms with E-state index in [-0.39, 0.29) is 17.8 Å². The molecule has 1 aliphatic heterocycles. The average molecular weight is 268 g/mol. The maximum absolute atomic E-state index is 11.5. The molecular weight excluding hydrogens is 248 g/mol. The van der Waals surface area contributed by atoms with Gasteiger partial charge in [-0.3, -0.25) is 4.90 Å². The van der Waals surface area contributed by atoms with Gasteiger partial charge in [0.1, 0.15) is 0 Å². The first-order valence-electron chi connectivity index (χ1n) is 6.17. The number of nitrogen functional groups attached to an aromatic ring is 1. The molecule has 1 saturated heterocycles. The fourth-order valence-corrected chi connectivity index (χ4v) is 4.21. The van der Waals surface area contributed by atoms with Crippen LogP contribution in [-0.4, -0.2) is 37.9 Å². The van der Waals surface area contributed by atoms with Crippen LogP contribution >= 0.6 is 0 Å². The molecule has 18 heavy (non-hydrogen) atoms. The summed E-state index contributed by atoms with van der Waals surface area (Å²) in [5, 5.41) is 0. The Morgan fingerprint density at radius 2 is 1.94 bits per heavy atom. The van der Waals surface area contributed by atoms with Gasteiger partial charge in [-0.15, -0.1) is 0 Å². The van der Waals surface area contributed by atoms with Crippen molar-refractivity contribution in [3.8, 4) is 0 Å². The minimum absolute atomic E-state index is 0.127. The van der Waals surface area contributed by atoms with E-state index in [9.17, 15) is 8.42 Å². The summed E-state index contributed by atoms with van der Waals surface area (Å²) in [6.45, 7) is 2.09. The summed E-state index contributed by atoms with van der Waals surface area (Å²) >= 11 is 0. The summed E-state index contributed by atoms with van der Waals surface area (Å²) < 4.78 is 23.0. The van der Waals surface area contributed by atoms with Crippen LogP contribution < -0.4 is 5.73 Å². The molecule has 0 spiro atoms. The van der Waals surface area contributed by atoms with E-state index in [2.05, 4.69) is 11.8 Å². The molecule has 0 aromatic heterocycles. The molecule has 0 saturated carbocycles. The maximum Gasteiger partial charge on any atom is 0.151 e. The second-order valence-corrected chi connectivity index (χ2v) is 7.29. The number of hydrogen-bond donors (Lipinski definition) is 1. The lowest BCUT2D eigenvalue weighted by Gasteiger charge is -2.30. The van der Waals surface area contributed by atoms with Gasteiger partial charge >= 0.3 is 0 Å². The maximum atomic E-state index is 11.5. The highest BCUT2D eigenvalue weighted by molar-refractivity contribution is 7.91. The Bertz CT molecular complexity index is 510. The van der Waals surface area contributed by atoms with Crippen molar-refractivity contribution in [1.82, 2.24) is 4.90 Å². The Morgan fingerprint density at radius 3 is 2.44 bits per heavy atom. The van der Waals surface area contributed by atoms with Crippen molar-refractivity contribution in [3.63, 3.8) is 0 Å². The zero-order valence-corrected chi connectivity index (χ0v) is 11.7. The predicted molar refractivity (Wildman–Crippen MR) is 74.1 cm³/mol. The van der Waals surface area contributed by atoms with E-state index >= 15 is 0 Å². The second kappa shape index (κ2) is 4.90. The first-order chi connectivity index (χ1) is 8.39. The van der Waals surface area contributed by atoms with Crippen LogP contribution in [0.25, 0.3) is 0 Å². The highest BCUT2D eigenvalue weighted by Crippen LogP contribution is 2.26. The van der Waals surface area contributed by atoms with E-state index in [1.807, 2.05) is 31.3 Å². The zero-order valence-electron chi connectivity index (χ0n) is 10.8. The molecule has 2 atom stereocenters. The molecule has 0 bridgehead atoms. The van der Waals surface area contributed by atoms with Crippen LogP contribution in [-0.2, 0) is 9.84 Å².